The molecule has 1 rings (SSSR count). The number of aromatic carboxylic acids is 1. The Balaban J connectivity index is 3.24. The van der Waals surface area contributed by atoms with E-state index < -0.39 is 5.97 Å². The van der Waals surface area contributed by atoms with Crippen LogP contribution >= 0.6 is 0 Å². The molecule has 0 aliphatic carbocycles. The summed E-state index contributed by atoms with van der Waals surface area (Å²) in [5, 5.41) is 9.10. The van der Waals surface area contributed by atoms with Gasteiger partial charge in [0.15, 0.2) is 0 Å². The lowest BCUT2D eigenvalue weighted by Crippen LogP contribution is -2.24. The minimum Gasteiger partial charge on any atom is -0.497 e. The van der Waals surface area contributed by atoms with Crippen LogP contribution in [0.2, 0.25) is 0 Å². The van der Waals surface area contributed by atoms with Gasteiger partial charge in [-0.05, 0) is 26.0 Å². The second-order valence-corrected chi connectivity index (χ2v) is 3.36. The highest BCUT2D eigenvalue weighted by molar-refractivity contribution is 5.94. The van der Waals surface area contributed by atoms with Crippen LogP contribution in [0.5, 0.6) is 5.75 Å². The molecule has 0 fully saturated rings. The molecule has 0 heterocycles. The zero-order valence-corrected chi connectivity index (χ0v) is 9.86. The predicted octanol–water partition coefficient (Wildman–Crippen LogP) is 2.24. The maximum atomic E-state index is 11.1. The van der Waals surface area contributed by atoms with E-state index in [2.05, 4.69) is 0 Å². The van der Waals surface area contributed by atoms with Crippen molar-refractivity contribution in [2.75, 3.05) is 25.1 Å². The lowest BCUT2D eigenvalue weighted by Gasteiger charge is -2.23. The smallest absolute Gasteiger partial charge is 0.337 e. The Morgan fingerprint density at radius 3 is 2.44 bits per heavy atom. The molecule has 0 aromatic heterocycles. The first-order chi connectivity index (χ1) is 7.63. The molecule has 1 N–H and O–H groups in total. The van der Waals surface area contributed by atoms with Crippen LogP contribution in [-0.4, -0.2) is 31.3 Å². The topological polar surface area (TPSA) is 49.8 Å². The van der Waals surface area contributed by atoms with Crippen molar-refractivity contribution in [3.8, 4) is 5.75 Å². The minimum atomic E-state index is -0.912. The van der Waals surface area contributed by atoms with Crippen LogP contribution in [0.15, 0.2) is 18.2 Å². The SMILES string of the molecule is CCN(CC)c1cc(OC)ccc1C(=O)O. The molecule has 0 radical (unpaired) electrons. The monoisotopic (exact) mass is 223 g/mol. The minimum absolute atomic E-state index is 0.310. The molecule has 0 bridgehead atoms. The van der Waals surface area contributed by atoms with Crippen molar-refractivity contribution in [3.63, 3.8) is 0 Å². The lowest BCUT2D eigenvalue weighted by molar-refractivity contribution is 0.0697. The number of benzene rings is 1. The van der Waals surface area contributed by atoms with Gasteiger partial charge in [0, 0.05) is 19.2 Å². The Hall–Kier alpha value is -1.71. The number of anilines is 1. The highest BCUT2D eigenvalue weighted by Crippen LogP contribution is 2.26. The van der Waals surface area contributed by atoms with Gasteiger partial charge in [-0.25, -0.2) is 4.79 Å². The van der Waals surface area contributed by atoms with Crippen molar-refractivity contribution in [2.45, 2.75) is 13.8 Å². The van der Waals surface area contributed by atoms with E-state index in [-0.39, 0.29) is 0 Å². The number of rotatable bonds is 5. The molecule has 0 saturated carbocycles. The highest BCUT2D eigenvalue weighted by atomic mass is 16.5. The fourth-order valence-corrected chi connectivity index (χ4v) is 1.65. The van der Waals surface area contributed by atoms with Crippen LogP contribution in [-0.2, 0) is 0 Å². The number of hydrogen-bond donors (Lipinski definition) is 1. The van der Waals surface area contributed by atoms with E-state index in [1.807, 2.05) is 18.7 Å². The van der Waals surface area contributed by atoms with Gasteiger partial charge in [-0.2, -0.15) is 0 Å². The van der Waals surface area contributed by atoms with E-state index in [0.717, 1.165) is 13.1 Å². The summed E-state index contributed by atoms with van der Waals surface area (Å²) in [5.74, 6) is -0.239. The van der Waals surface area contributed by atoms with Crippen molar-refractivity contribution >= 4 is 11.7 Å². The van der Waals surface area contributed by atoms with Gasteiger partial charge in [-0.15, -0.1) is 0 Å². The van der Waals surface area contributed by atoms with E-state index in [4.69, 9.17) is 9.84 Å². The van der Waals surface area contributed by atoms with E-state index in [0.29, 0.717) is 17.0 Å². The largest absolute Gasteiger partial charge is 0.497 e. The van der Waals surface area contributed by atoms with Gasteiger partial charge in [0.2, 0.25) is 0 Å². The zero-order chi connectivity index (χ0) is 12.1. The third-order valence-electron chi connectivity index (χ3n) is 2.54. The van der Waals surface area contributed by atoms with Gasteiger partial charge < -0.3 is 14.7 Å². The third-order valence-corrected chi connectivity index (χ3v) is 2.54. The van der Waals surface area contributed by atoms with Crippen LogP contribution in [0.1, 0.15) is 24.2 Å². The molecule has 0 saturated heterocycles. The van der Waals surface area contributed by atoms with Crippen LogP contribution in [0.3, 0.4) is 0 Å². The molecular formula is C12H17NO3. The molecule has 0 aliphatic rings. The fraction of sp³-hybridized carbons (Fsp3) is 0.417. The van der Waals surface area contributed by atoms with Crippen LogP contribution < -0.4 is 9.64 Å². The molecule has 88 valence electrons. The Morgan fingerprint density at radius 2 is 2.00 bits per heavy atom. The summed E-state index contributed by atoms with van der Waals surface area (Å²) in [6.07, 6.45) is 0. The molecule has 1 aromatic rings. The normalized spacial score (nSPS) is 9.94. The molecule has 0 unspecified atom stereocenters. The second-order valence-electron chi connectivity index (χ2n) is 3.36. The second kappa shape index (κ2) is 5.39. The Kier molecular flexibility index (Phi) is 4.17. The number of nitrogens with zero attached hydrogens (tertiary/aromatic N) is 1. The van der Waals surface area contributed by atoms with Gasteiger partial charge >= 0.3 is 5.97 Å². The van der Waals surface area contributed by atoms with Gasteiger partial charge in [0.05, 0.1) is 18.4 Å². The van der Waals surface area contributed by atoms with E-state index in [1.165, 1.54) is 0 Å². The summed E-state index contributed by atoms with van der Waals surface area (Å²) in [7, 11) is 1.57. The number of carbonyl (C=O) groups is 1. The molecule has 0 aliphatic heterocycles. The summed E-state index contributed by atoms with van der Waals surface area (Å²) in [6.45, 7) is 5.52. The van der Waals surface area contributed by atoms with Gasteiger partial charge in [0.1, 0.15) is 5.75 Å². The summed E-state index contributed by atoms with van der Waals surface area (Å²) in [4.78, 5) is 13.1. The molecule has 16 heavy (non-hydrogen) atoms. The number of carboxylic acid groups (broad SMARTS) is 1. The highest BCUT2D eigenvalue weighted by Gasteiger charge is 2.14. The summed E-state index contributed by atoms with van der Waals surface area (Å²) in [6, 6.07) is 5.00. The third kappa shape index (κ3) is 2.45. The Bertz CT molecular complexity index is 373. The Morgan fingerprint density at radius 1 is 1.38 bits per heavy atom. The molecular weight excluding hydrogens is 206 g/mol. The molecule has 4 heteroatoms. The van der Waals surface area contributed by atoms with Gasteiger partial charge in [-0.3, -0.25) is 0 Å². The van der Waals surface area contributed by atoms with Crippen LogP contribution in [0, 0.1) is 0 Å². The Labute approximate surface area is 95.5 Å². The van der Waals surface area contributed by atoms with Gasteiger partial charge in [-0.1, -0.05) is 0 Å². The molecule has 4 nitrogen and oxygen atoms in total. The van der Waals surface area contributed by atoms with Crippen molar-refractivity contribution < 1.29 is 14.6 Å². The maximum Gasteiger partial charge on any atom is 0.337 e. The lowest BCUT2D eigenvalue weighted by atomic mass is 10.1. The van der Waals surface area contributed by atoms with Crippen LogP contribution in [0.25, 0.3) is 0 Å². The fourth-order valence-electron chi connectivity index (χ4n) is 1.65. The quantitative estimate of drug-likeness (QED) is 0.831. The van der Waals surface area contributed by atoms with Crippen molar-refractivity contribution in [2.24, 2.45) is 0 Å². The summed E-state index contributed by atoms with van der Waals surface area (Å²) >= 11 is 0. The number of hydrogen-bond acceptors (Lipinski definition) is 3. The average Bonchev–Trinajstić information content (AvgIpc) is 2.30. The molecule has 0 spiro atoms. The van der Waals surface area contributed by atoms with Gasteiger partial charge in [0.25, 0.3) is 0 Å². The number of carboxylic acids is 1. The molecule has 0 amide bonds. The molecule has 1 aromatic carbocycles. The van der Waals surface area contributed by atoms with Crippen molar-refractivity contribution in [1.82, 2.24) is 0 Å². The van der Waals surface area contributed by atoms with Crippen molar-refractivity contribution in [3.05, 3.63) is 23.8 Å². The standard InChI is InChI=1S/C12H17NO3/c1-4-13(5-2)11-8-9(16-3)6-7-10(11)12(14)15/h6-8H,4-5H2,1-3H3,(H,14,15). The number of methoxy groups -OCH3 is 1. The first-order valence-electron chi connectivity index (χ1n) is 5.30. The summed E-state index contributed by atoms with van der Waals surface area (Å²) < 4.78 is 5.11. The van der Waals surface area contributed by atoms with Crippen LogP contribution in [0.4, 0.5) is 5.69 Å². The van der Waals surface area contributed by atoms with E-state index in [1.54, 1.807) is 25.3 Å². The van der Waals surface area contributed by atoms with E-state index >= 15 is 0 Å². The van der Waals surface area contributed by atoms with Crippen molar-refractivity contribution in [1.29, 1.82) is 0 Å². The average molecular weight is 223 g/mol. The molecule has 0 atom stereocenters. The predicted molar refractivity (Wildman–Crippen MR) is 63.5 cm³/mol. The first kappa shape index (κ1) is 12.4. The summed E-state index contributed by atoms with van der Waals surface area (Å²) in [5.41, 5.74) is 1.02. The number of ether oxygens (including phenoxy) is 1. The maximum absolute atomic E-state index is 11.1. The first-order valence-corrected chi connectivity index (χ1v) is 5.30. The zero-order valence-electron chi connectivity index (χ0n) is 9.86. The van der Waals surface area contributed by atoms with E-state index in [9.17, 15) is 4.79 Å².